The molecular formula is C21H27N3O7S. The zero-order chi connectivity index (χ0) is 23.5. The summed E-state index contributed by atoms with van der Waals surface area (Å²) >= 11 is 0. The molecule has 10 nitrogen and oxygen atoms in total. The zero-order valence-corrected chi connectivity index (χ0v) is 19.3. The Kier molecular flexibility index (Phi) is 7.09. The lowest BCUT2D eigenvalue weighted by atomic mass is 10.2. The van der Waals surface area contributed by atoms with E-state index >= 15 is 0 Å². The third-order valence-electron chi connectivity index (χ3n) is 5.20. The molecule has 0 aliphatic carbocycles. The first-order valence-corrected chi connectivity index (χ1v) is 11.5. The highest BCUT2D eigenvalue weighted by molar-refractivity contribution is 7.89. The average Bonchev–Trinajstić information content (AvgIpc) is 3.41. The fourth-order valence-corrected chi connectivity index (χ4v) is 5.34. The third kappa shape index (κ3) is 4.73. The number of carbonyl (C=O) groups is 2. The molecule has 1 aliphatic rings. The summed E-state index contributed by atoms with van der Waals surface area (Å²) in [4.78, 5) is 25.0. The molecule has 1 saturated heterocycles. The molecule has 1 atom stereocenters. The topological polar surface area (TPSA) is 116 Å². The zero-order valence-electron chi connectivity index (χ0n) is 18.5. The number of esters is 1. The van der Waals surface area contributed by atoms with Crippen LogP contribution in [0.2, 0.25) is 0 Å². The van der Waals surface area contributed by atoms with Crippen LogP contribution in [-0.4, -0.2) is 62.6 Å². The van der Waals surface area contributed by atoms with Gasteiger partial charge in [0.25, 0.3) is 0 Å². The van der Waals surface area contributed by atoms with Crippen LogP contribution in [0.15, 0.2) is 35.4 Å². The summed E-state index contributed by atoms with van der Waals surface area (Å²) < 4.78 is 44.5. The van der Waals surface area contributed by atoms with Crippen LogP contribution in [0.1, 0.15) is 30.3 Å². The standard InChI is InChI=1S/C21H27N3O7S/c1-5-31-21(26)19-12-17(13-23(19)2)32(27,28)24-8-6-7-18(24)20(25)22-14-9-15(29-3)11-16(10-14)30-4/h9-13,18H,5-8H2,1-4H3,(H,22,25)/t18-/m0/s1. The van der Waals surface area contributed by atoms with Crippen molar-refractivity contribution in [3.8, 4) is 11.5 Å². The van der Waals surface area contributed by atoms with Crippen LogP contribution in [0.4, 0.5) is 5.69 Å². The molecule has 1 amide bonds. The minimum atomic E-state index is -4.01. The van der Waals surface area contributed by atoms with Gasteiger partial charge in [-0.05, 0) is 25.8 Å². The first-order valence-electron chi connectivity index (χ1n) is 10.1. The van der Waals surface area contributed by atoms with E-state index in [0.29, 0.717) is 30.0 Å². The lowest BCUT2D eigenvalue weighted by molar-refractivity contribution is -0.119. The van der Waals surface area contributed by atoms with Gasteiger partial charge in [0.1, 0.15) is 28.1 Å². The predicted molar refractivity (Wildman–Crippen MR) is 116 cm³/mol. The van der Waals surface area contributed by atoms with Crippen molar-refractivity contribution in [2.24, 2.45) is 7.05 Å². The molecule has 1 aromatic carbocycles. The number of ether oxygens (including phenoxy) is 3. The van der Waals surface area contributed by atoms with Gasteiger partial charge in [-0.15, -0.1) is 0 Å². The molecule has 0 spiro atoms. The Morgan fingerprint density at radius 3 is 2.38 bits per heavy atom. The largest absolute Gasteiger partial charge is 0.497 e. The van der Waals surface area contributed by atoms with Gasteiger partial charge in [0, 0.05) is 43.7 Å². The van der Waals surface area contributed by atoms with Crippen molar-refractivity contribution in [2.75, 3.05) is 32.7 Å². The molecular weight excluding hydrogens is 438 g/mol. The summed E-state index contributed by atoms with van der Waals surface area (Å²) in [7, 11) is 0.551. The Labute approximate surface area is 187 Å². The quantitative estimate of drug-likeness (QED) is 0.593. The normalized spacial score (nSPS) is 16.6. The number of nitrogens with one attached hydrogen (secondary N) is 1. The van der Waals surface area contributed by atoms with Gasteiger partial charge in [-0.1, -0.05) is 0 Å². The highest BCUT2D eigenvalue weighted by Crippen LogP contribution is 2.30. The molecule has 0 unspecified atom stereocenters. The molecule has 11 heteroatoms. The lowest BCUT2D eigenvalue weighted by Gasteiger charge is -2.23. The van der Waals surface area contributed by atoms with Crippen LogP contribution < -0.4 is 14.8 Å². The Bertz CT molecular complexity index is 1090. The van der Waals surface area contributed by atoms with E-state index in [9.17, 15) is 18.0 Å². The highest BCUT2D eigenvalue weighted by atomic mass is 32.2. The molecule has 174 valence electrons. The maximum absolute atomic E-state index is 13.3. The van der Waals surface area contributed by atoms with Crippen molar-refractivity contribution >= 4 is 27.6 Å². The number of anilines is 1. The number of aromatic nitrogens is 1. The third-order valence-corrected chi connectivity index (χ3v) is 7.07. The van der Waals surface area contributed by atoms with Crippen LogP contribution in [0.3, 0.4) is 0 Å². The summed E-state index contributed by atoms with van der Waals surface area (Å²) in [6.45, 7) is 2.05. The number of amides is 1. The van der Waals surface area contributed by atoms with E-state index in [-0.39, 0.29) is 23.7 Å². The summed E-state index contributed by atoms with van der Waals surface area (Å²) in [5.74, 6) is -0.0836. The Morgan fingerprint density at radius 1 is 1.12 bits per heavy atom. The van der Waals surface area contributed by atoms with Gasteiger partial charge in [0.2, 0.25) is 15.9 Å². The summed E-state index contributed by atoms with van der Waals surface area (Å²) in [6.07, 6.45) is 2.27. The number of methoxy groups -OCH3 is 2. The molecule has 0 bridgehead atoms. The van der Waals surface area contributed by atoms with Gasteiger partial charge < -0.3 is 24.1 Å². The number of nitrogens with zero attached hydrogens (tertiary/aromatic N) is 2. The first-order chi connectivity index (χ1) is 15.2. The van der Waals surface area contributed by atoms with Crippen molar-refractivity contribution < 1.29 is 32.2 Å². The van der Waals surface area contributed by atoms with Crippen molar-refractivity contribution in [1.82, 2.24) is 8.87 Å². The molecule has 0 saturated carbocycles. The van der Waals surface area contributed by atoms with Crippen LogP contribution >= 0.6 is 0 Å². The molecule has 1 aliphatic heterocycles. The van der Waals surface area contributed by atoms with E-state index < -0.39 is 27.9 Å². The predicted octanol–water partition coefficient (Wildman–Crippen LogP) is 2.01. The molecule has 32 heavy (non-hydrogen) atoms. The summed E-state index contributed by atoms with van der Waals surface area (Å²) in [5, 5.41) is 2.75. The Morgan fingerprint density at radius 2 is 1.78 bits per heavy atom. The number of aryl methyl sites for hydroxylation is 1. The minimum absolute atomic E-state index is 0.0641. The van der Waals surface area contributed by atoms with Crippen molar-refractivity contribution in [3.05, 3.63) is 36.2 Å². The van der Waals surface area contributed by atoms with Gasteiger partial charge in [-0.3, -0.25) is 4.79 Å². The van der Waals surface area contributed by atoms with E-state index in [2.05, 4.69) is 5.32 Å². The number of hydrogen-bond donors (Lipinski definition) is 1. The number of rotatable bonds is 8. The fourth-order valence-electron chi connectivity index (χ4n) is 3.61. The monoisotopic (exact) mass is 465 g/mol. The molecule has 1 fully saturated rings. The number of carbonyl (C=O) groups excluding carboxylic acids is 2. The van der Waals surface area contributed by atoms with Crippen molar-refractivity contribution in [3.63, 3.8) is 0 Å². The number of hydrogen-bond acceptors (Lipinski definition) is 7. The van der Waals surface area contributed by atoms with Gasteiger partial charge in [-0.25, -0.2) is 13.2 Å². The van der Waals surface area contributed by atoms with Crippen LogP contribution in [0.5, 0.6) is 11.5 Å². The highest BCUT2D eigenvalue weighted by Gasteiger charge is 2.40. The molecule has 0 radical (unpaired) electrons. The second-order valence-corrected chi connectivity index (χ2v) is 9.15. The Balaban J connectivity index is 1.84. The maximum Gasteiger partial charge on any atom is 0.354 e. The molecule has 1 N–H and O–H groups in total. The number of sulfonamides is 1. The maximum atomic E-state index is 13.3. The molecule has 1 aromatic heterocycles. The second kappa shape index (κ2) is 9.61. The van der Waals surface area contributed by atoms with Crippen molar-refractivity contribution in [2.45, 2.75) is 30.7 Å². The SMILES string of the molecule is CCOC(=O)c1cc(S(=O)(=O)N2CCC[C@H]2C(=O)Nc2cc(OC)cc(OC)c2)cn1C. The smallest absolute Gasteiger partial charge is 0.354 e. The van der Waals surface area contributed by atoms with E-state index in [1.807, 2.05) is 0 Å². The van der Waals surface area contributed by atoms with Gasteiger partial charge in [0.05, 0.1) is 20.8 Å². The molecule has 2 aromatic rings. The van der Waals surface area contributed by atoms with Gasteiger partial charge in [0.15, 0.2) is 0 Å². The summed E-state index contributed by atoms with van der Waals surface area (Å²) in [6, 6.07) is 5.29. The van der Waals surface area contributed by atoms with Crippen molar-refractivity contribution in [1.29, 1.82) is 0 Å². The Hall–Kier alpha value is -3.05. The molecule has 3 rings (SSSR count). The average molecular weight is 466 g/mol. The van der Waals surface area contributed by atoms with Crippen LogP contribution in [-0.2, 0) is 26.6 Å². The number of benzene rings is 1. The fraction of sp³-hybridized carbons (Fsp3) is 0.429. The first kappa shape index (κ1) is 23.6. The van der Waals surface area contributed by atoms with Gasteiger partial charge in [-0.2, -0.15) is 4.31 Å². The van der Waals surface area contributed by atoms with E-state index in [0.717, 1.165) is 0 Å². The summed E-state index contributed by atoms with van der Waals surface area (Å²) in [5.41, 5.74) is 0.550. The van der Waals surface area contributed by atoms with E-state index in [4.69, 9.17) is 14.2 Å². The minimum Gasteiger partial charge on any atom is -0.497 e. The van der Waals surface area contributed by atoms with Crippen LogP contribution in [0.25, 0.3) is 0 Å². The van der Waals surface area contributed by atoms with E-state index in [1.165, 1.54) is 35.4 Å². The van der Waals surface area contributed by atoms with Crippen LogP contribution in [0, 0.1) is 0 Å². The van der Waals surface area contributed by atoms with Gasteiger partial charge >= 0.3 is 5.97 Å². The molecule has 2 heterocycles. The lowest BCUT2D eigenvalue weighted by Crippen LogP contribution is -2.43. The van der Waals surface area contributed by atoms with E-state index in [1.54, 1.807) is 32.2 Å². The second-order valence-electron chi connectivity index (χ2n) is 7.26.